The van der Waals surface area contributed by atoms with Crippen LogP contribution in [-0.4, -0.2) is 68.1 Å². The molecular weight excluding hydrogens is 383 g/mol. The van der Waals surface area contributed by atoms with Gasteiger partial charge in [-0.2, -0.15) is 0 Å². The van der Waals surface area contributed by atoms with Gasteiger partial charge in [0.1, 0.15) is 32.0 Å². The average molecular weight is 421 g/mol. The van der Waals surface area contributed by atoms with Crippen molar-refractivity contribution >= 4 is 17.5 Å². The van der Waals surface area contributed by atoms with E-state index in [0.29, 0.717) is 24.8 Å². The summed E-state index contributed by atoms with van der Waals surface area (Å²) < 4.78 is 13.3. The lowest BCUT2D eigenvalue weighted by molar-refractivity contribution is -1.00. The summed E-state index contributed by atoms with van der Waals surface area (Å²) >= 11 is 0. The minimum absolute atomic E-state index is 0.0987. The molecule has 2 amide bonds. The van der Waals surface area contributed by atoms with Crippen LogP contribution in [0.1, 0.15) is 46.0 Å². The number of piperazine rings is 1. The van der Waals surface area contributed by atoms with E-state index in [4.69, 9.17) is 0 Å². The van der Waals surface area contributed by atoms with Gasteiger partial charge >= 0.3 is 0 Å². The third-order valence-corrected chi connectivity index (χ3v) is 6.40. The Morgan fingerprint density at radius 3 is 2.30 bits per heavy atom. The van der Waals surface area contributed by atoms with Crippen molar-refractivity contribution in [1.82, 2.24) is 4.90 Å². The summed E-state index contributed by atoms with van der Waals surface area (Å²) in [7, 11) is 0. The zero-order valence-electron chi connectivity index (χ0n) is 18.4. The Balaban J connectivity index is 1.43. The van der Waals surface area contributed by atoms with Crippen LogP contribution in [-0.2, 0) is 9.59 Å². The van der Waals surface area contributed by atoms with Crippen molar-refractivity contribution in [3.05, 3.63) is 30.1 Å². The van der Waals surface area contributed by atoms with Gasteiger partial charge in [-0.05, 0) is 44.9 Å². The minimum Gasteiger partial charge on any atom is -0.332 e. The van der Waals surface area contributed by atoms with Crippen molar-refractivity contribution < 1.29 is 23.8 Å². The van der Waals surface area contributed by atoms with Gasteiger partial charge in [0.25, 0.3) is 11.8 Å². The molecule has 2 fully saturated rings. The van der Waals surface area contributed by atoms with Crippen molar-refractivity contribution in [3.63, 3.8) is 0 Å². The van der Waals surface area contributed by atoms with Gasteiger partial charge in [-0.3, -0.25) is 9.59 Å². The molecule has 6 nitrogen and oxygen atoms in total. The van der Waals surface area contributed by atoms with E-state index in [1.165, 1.54) is 41.2 Å². The molecule has 0 aromatic heterocycles. The molecular formula is C23H37FN4O2+2. The van der Waals surface area contributed by atoms with Crippen molar-refractivity contribution in [2.75, 3.05) is 44.6 Å². The van der Waals surface area contributed by atoms with Crippen LogP contribution in [0.5, 0.6) is 0 Å². The van der Waals surface area contributed by atoms with Crippen LogP contribution in [0.2, 0.25) is 0 Å². The normalized spacial score (nSPS) is 22.7. The monoisotopic (exact) mass is 420 g/mol. The summed E-state index contributed by atoms with van der Waals surface area (Å²) in [6, 6.07) is 6.62. The number of anilines is 1. The topological polar surface area (TPSA) is 58.3 Å². The number of amides is 2. The summed E-state index contributed by atoms with van der Waals surface area (Å²) in [6.45, 7) is 8.70. The molecule has 1 aromatic carbocycles. The number of halogens is 1. The molecule has 0 unspecified atom stereocenters. The third kappa shape index (κ3) is 6.51. The molecule has 3 rings (SSSR count). The van der Waals surface area contributed by atoms with Gasteiger partial charge in [0.05, 0.1) is 0 Å². The van der Waals surface area contributed by atoms with Crippen molar-refractivity contribution in [3.8, 4) is 0 Å². The molecule has 0 atom stereocenters. The molecule has 7 heteroatoms. The SMILES string of the molecule is CC(C)N(C(=O)C[NH+]1CC[NH+](CC(=O)Nc2cccc(F)c2)CC1)C1CCCCC1. The summed E-state index contributed by atoms with van der Waals surface area (Å²) in [6.07, 6.45) is 6.02. The minimum atomic E-state index is -0.356. The highest BCUT2D eigenvalue weighted by Crippen LogP contribution is 2.24. The maximum Gasteiger partial charge on any atom is 0.279 e. The van der Waals surface area contributed by atoms with Gasteiger partial charge < -0.3 is 20.0 Å². The first-order valence-electron chi connectivity index (χ1n) is 11.5. The summed E-state index contributed by atoms with van der Waals surface area (Å²) in [5.41, 5.74) is 0.491. The van der Waals surface area contributed by atoms with Gasteiger partial charge in [-0.1, -0.05) is 25.3 Å². The summed E-state index contributed by atoms with van der Waals surface area (Å²) in [5.74, 6) is -0.177. The molecule has 1 saturated heterocycles. The molecule has 1 aliphatic heterocycles. The van der Waals surface area contributed by atoms with E-state index in [9.17, 15) is 14.0 Å². The van der Waals surface area contributed by atoms with E-state index in [-0.39, 0.29) is 23.7 Å². The number of hydrogen-bond donors (Lipinski definition) is 3. The second kappa shape index (κ2) is 10.9. The number of rotatable bonds is 7. The maximum absolute atomic E-state index is 13.3. The van der Waals surface area contributed by atoms with E-state index in [1.807, 2.05) is 0 Å². The smallest absolute Gasteiger partial charge is 0.279 e. The molecule has 1 saturated carbocycles. The molecule has 166 valence electrons. The highest BCUT2D eigenvalue weighted by molar-refractivity contribution is 5.91. The Kier molecular flexibility index (Phi) is 8.22. The molecule has 0 bridgehead atoms. The van der Waals surface area contributed by atoms with Crippen LogP contribution >= 0.6 is 0 Å². The first kappa shape index (κ1) is 22.7. The molecule has 0 spiro atoms. The number of nitrogens with one attached hydrogen (secondary N) is 3. The summed E-state index contributed by atoms with van der Waals surface area (Å²) in [4.78, 5) is 30.0. The Morgan fingerprint density at radius 1 is 1.07 bits per heavy atom. The lowest BCUT2D eigenvalue weighted by Crippen LogP contribution is -3.28. The zero-order valence-corrected chi connectivity index (χ0v) is 18.4. The van der Waals surface area contributed by atoms with Crippen LogP contribution in [0.25, 0.3) is 0 Å². The number of quaternary nitrogens is 2. The van der Waals surface area contributed by atoms with E-state index in [2.05, 4.69) is 24.1 Å². The Hall–Kier alpha value is -1.99. The van der Waals surface area contributed by atoms with E-state index < -0.39 is 0 Å². The molecule has 1 aromatic rings. The number of carbonyl (C=O) groups is 2. The van der Waals surface area contributed by atoms with Crippen molar-refractivity contribution in [1.29, 1.82) is 0 Å². The quantitative estimate of drug-likeness (QED) is 0.587. The lowest BCUT2D eigenvalue weighted by Gasteiger charge is -2.38. The fourth-order valence-corrected chi connectivity index (χ4v) is 4.89. The largest absolute Gasteiger partial charge is 0.332 e. The molecule has 1 heterocycles. The summed E-state index contributed by atoms with van der Waals surface area (Å²) in [5, 5.41) is 2.77. The van der Waals surface area contributed by atoms with Gasteiger partial charge in [0.2, 0.25) is 0 Å². The standard InChI is InChI=1S/C23H35FN4O2/c1-18(2)28(21-9-4-3-5-10-21)23(30)17-27-13-11-26(12-14-27)16-22(29)25-20-8-6-7-19(24)15-20/h6-8,15,18,21H,3-5,9-14,16-17H2,1-2H3,(H,25,29)/p+2. The van der Waals surface area contributed by atoms with Crippen molar-refractivity contribution in [2.45, 2.75) is 58.0 Å². The van der Waals surface area contributed by atoms with Crippen LogP contribution in [0.3, 0.4) is 0 Å². The van der Waals surface area contributed by atoms with Crippen LogP contribution in [0.4, 0.5) is 10.1 Å². The second-order valence-electron chi connectivity index (χ2n) is 9.10. The van der Waals surface area contributed by atoms with Gasteiger partial charge in [-0.25, -0.2) is 4.39 Å². The van der Waals surface area contributed by atoms with Gasteiger partial charge in [0, 0.05) is 17.8 Å². The van der Waals surface area contributed by atoms with Crippen LogP contribution in [0, 0.1) is 5.82 Å². The third-order valence-electron chi connectivity index (χ3n) is 6.40. The molecule has 2 aliphatic rings. The first-order valence-corrected chi connectivity index (χ1v) is 11.5. The molecule has 30 heavy (non-hydrogen) atoms. The predicted octanol–water partition coefficient (Wildman–Crippen LogP) is 0.117. The Morgan fingerprint density at radius 2 is 1.70 bits per heavy atom. The molecule has 3 N–H and O–H groups in total. The van der Waals surface area contributed by atoms with Gasteiger partial charge in [-0.15, -0.1) is 0 Å². The van der Waals surface area contributed by atoms with Crippen molar-refractivity contribution in [2.24, 2.45) is 0 Å². The number of carbonyl (C=O) groups excluding carboxylic acids is 2. The maximum atomic E-state index is 13.3. The van der Waals surface area contributed by atoms with Crippen LogP contribution < -0.4 is 15.1 Å². The number of nitrogens with zero attached hydrogens (tertiary/aromatic N) is 1. The predicted molar refractivity (Wildman–Crippen MR) is 115 cm³/mol. The van der Waals surface area contributed by atoms with E-state index in [1.54, 1.807) is 12.1 Å². The van der Waals surface area contributed by atoms with E-state index >= 15 is 0 Å². The number of benzene rings is 1. The highest BCUT2D eigenvalue weighted by Gasteiger charge is 2.32. The average Bonchev–Trinajstić information content (AvgIpc) is 2.70. The fourth-order valence-electron chi connectivity index (χ4n) is 4.89. The molecule has 0 radical (unpaired) electrons. The fraction of sp³-hybridized carbons (Fsp3) is 0.652. The number of hydrogen-bond acceptors (Lipinski definition) is 2. The van der Waals surface area contributed by atoms with Crippen LogP contribution in [0.15, 0.2) is 24.3 Å². The highest BCUT2D eigenvalue weighted by atomic mass is 19.1. The zero-order chi connectivity index (χ0) is 21.5. The second-order valence-corrected chi connectivity index (χ2v) is 9.10. The lowest BCUT2D eigenvalue weighted by atomic mass is 9.93. The van der Waals surface area contributed by atoms with Gasteiger partial charge in [0.15, 0.2) is 13.1 Å². The Bertz CT molecular complexity index is 713. The first-order chi connectivity index (χ1) is 14.4. The molecule has 1 aliphatic carbocycles. The Labute approximate surface area is 179 Å². The van der Waals surface area contributed by atoms with E-state index in [0.717, 1.165) is 39.0 Å².